The number of hydrogen-bond acceptors (Lipinski definition) is 10. The Morgan fingerprint density at radius 3 is 2.96 bits per heavy atom. The number of nitrogens with one attached hydrogen (secondary N) is 1. The van der Waals surface area contributed by atoms with Gasteiger partial charge in [0.25, 0.3) is 5.91 Å². The normalized spacial score (nSPS) is 11.0. The van der Waals surface area contributed by atoms with Crippen molar-refractivity contribution in [2.24, 2.45) is 5.10 Å². The Balaban J connectivity index is 1.76. The summed E-state index contributed by atoms with van der Waals surface area (Å²) in [6.45, 7) is 1.60. The number of hydrogen-bond donors (Lipinski definition) is 3. The third kappa shape index (κ3) is 3.02. The second-order valence-corrected chi connectivity index (χ2v) is 5.01. The van der Waals surface area contributed by atoms with Crippen LogP contribution in [-0.4, -0.2) is 49.6 Å². The van der Waals surface area contributed by atoms with Gasteiger partial charge in [-0.1, -0.05) is 11.3 Å². The number of phenols is 1. The van der Waals surface area contributed by atoms with Gasteiger partial charge in [-0.25, -0.2) is 10.1 Å². The van der Waals surface area contributed by atoms with Gasteiger partial charge < -0.3 is 15.6 Å². The van der Waals surface area contributed by atoms with Crippen LogP contribution in [0.2, 0.25) is 0 Å². The standard InChI is InChI=1S/C14H14N8O4/c1-7-10(17-21-22(7)13-12(15)19-26-20-13)14(24)18-16-6-8-4-3-5-9(25-2)11(8)23/h3-6,23H,1-2H3,(H2,15,19)(H,18,24)/b16-6-. The van der Waals surface area contributed by atoms with Crippen LogP contribution in [0.4, 0.5) is 5.82 Å². The first-order valence-electron chi connectivity index (χ1n) is 7.23. The minimum Gasteiger partial charge on any atom is -0.504 e. The summed E-state index contributed by atoms with van der Waals surface area (Å²) in [5.74, 6) is -0.278. The number of anilines is 1. The monoisotopic (exact) mass is 358 g/mol. The van der Waals surface area contributed by atoms with Gasteiger partial charge in [-0.2, -0.15) is 9.78 Å². The highest BCUT2D eigenvalue weighted by molar-refractivity contribution is 5.94. The number of hydrazone groups is 1. The van der Waals surface area contributed by atoms with Crippen LogP contribution in [0.15, 0.2) is 27.9 Å². The van der Waals surface area contributed by atoms with Gasteiger partial charge in [-0.05, 0) is 29.4 Å². The van der Waals surface area contributed by atoms with Crippen molar-refractivity contribution < 1.29 is 19.3 Å². The maximum Gasteiger partial charge on any atom is 0.293 e. The van der Waals surface area contributed by atoms with Crippen molar-refractivity contribution >= 4 is 17.9 Å². The van der Waals surface area contributed by atoms with Gasteiger partial charge in [-0.3, -0.25) is 4.79 Å². The molecule has 12 nitrogen and oxygen atoms in total. The van der Waals surface area contributed by atoms with Crippen molar-refractivity contribution in [1.82, 2.24) is 30.7 Å². The molecule has 0 saturated carbocycles. The number of nitrogens with two attached hydrogens (primary N) is 1. The lowest BCUT2D eigenvalue weighted by molar-refractivity contribution is 0.0949. The summed E-state index contributed by atoms with van der Waals surface area (Å²) in [4.78, 5) is 12.2. The van der Waals surface area contributed by atoms with Crippen molar-refractivity contribution in [3.63, 3.8) is 0 Å². The number of phenolic OH excluding ortho intramolecular Hbond substituents is 1. The Hall–Kier alpha value is -3.96. The molecule has 4 N–H and O–H groups in total. The average Bonchev–Trinajstić information content (AvgIpc) is 3.21. The Labute approximate surface area is 146 Å². The molecule has 3 rings (SSSR count). The molecule has 0 unspecified atom stereocenters. The first-order chi connectivity index (χ1) is 12.5. The fourth-order valence-corrected chi connectivity index (χ4v) is 2.10. The Kier molecular flexibility index (Phi) is 4.47. The van der Waals surface area contributed by atoms with E-state index in [1.165, 1.54) is 18.0 Å². The van der Waals surface area contributed by atoms with Gasteiger partial charge in [0, 0.05) is 5.56 Å². The molecule has 0 aliphatic heterocycles. The Bertz CT molecular complexity index is 977. The van der Waals surface area contributed by atoms with Crippen LogP contribution in [0.1, 0.15) is 21.7 Å². The molecular weight excluding hydrogens is 344 g/mol. The molecule has 0 saturated heterocycles. The highest BCUT2D eigenvalue weighted by Crippen LogP contribution is 2.27. The molecule has 0 atom stereocenters. The number of ether oxygens (including phenoxy) is 1. The minimum atomic E-state index is -0.609. The zero-order valence-electron chi connectivity index (χ0n) is 13.7. The molecule has 0 aliphatic rings. The van der Waals surface area contributed by atoms with E-state index in [0.29, 0.717) is 11.3 Å². The first kappa shape index (κ1) is 16.9. The van der Waals surface area contributed by atoms with Crippen LogP contribution in [0, 0.1) is 6.92 Å². The number of carbonyl (C=O) groups is 1. The molecule has 12 heteroatoms. The molecule has 0 radical (unpaired) electrons. The third-order valence-electron chi connectivity index (χ3n) is 3.43. The van der Waals surface area contributed by atoms with E-state index in [-0.39, 0.29) is 28.8 Å². The summed E-state index contributed by atoms with van der Waals surface area (Å²) < 4.78 is 10.7. The van der Waals surface area contributed by atoms with Crippen molar-refractivity contribution in [2.45, 2.75) is 6.92 Å². The number of amides is 1. The van der Waals surface area contributed by atoms with Gasteiger partial charge in [0.2, 0.25) is 11.6 Å². The van der Waals surface area contributed by atoms with E-state index >= 15 is 0 Å². The number of nitrogens with zero attached hydrogens (tertiary/aromatic N) is 6. The molecule has 0 spiro atoms. The van der Waals surface area contributed by atoms with Gasteiger partial charge in [0.15, 0.2) is 17.2 Å². The lowest BCUT2D eigenvalue weighted by atomic mass is 10.2. The summed E-state index contributed by atoms with van der Waals surface area (Å²) in [5.41, 5.74) is 8.64. The number of aromatic hydroxyl groups is 1. The second kappa shape index (κ2) is 6.88. The maximum atomic E-state index is 12.2. The Morgan fingerprint density at radius 2 is 2.27 bits per heavy atom. The summed E-state index contributed by atoms with van der Waals surface area (Å²) in [5, 5.41) is 28.4. The zero-order valence-corrected chi connectivity index (χ0v) is 13.7. The number of para-hydroxylation sites is 1. The second-order valence-electron chi connectivity index (χ2n) is 5.01. The molecule has 26 heavy (non-hydrogen) atoms. The van der Waals surface area contributed by atoms with E-state index in [1.54, 1.807) is 25.1 Å². The van der Waals surface area contributed by atoms with E-state index in [4.69, 9.17) is 10.5 Å². The highest BCUT2D eigenvalue weighted by Gasteiger charge is 2.20. The molecule has 2 heterocycles. The number of nitrogen functional groups attached to an aromatic ring is 1. The third-order valence-corrected chi connectivity index (χ3v) is 3.43. The van der Waals surface area contributed by atoms with Crippen molar-refractivity contribution in [3.05, 3.63) is 35.2 Å². The van der Waals surface area contributed by atoms with Crippen LogP contribution in [0.5, 0.6) is 11.5 Å². The SMILES string of the molecule is COc1cccc(/C=N\NC(=O)c2nnn(-c3nonc3N)c2C)c1O. The molecule has 0 fully saturated rings. The molecule has 0 aliphatic carbocycles. The van der Waals surface area contributed by atoms with Crippen LogP contribution in [0.25, 0.3) is 5.82 Å². The van der Waals surface area contributed by atoms with Gasteiger partial charge in [-0.15, -0.1) is 5.10 Å². The van der Waals surface area contributed by atoms with Crippen molar-refractivity contribution in [2.75, 3.05) is 12.8 Å². The fraction of sp³-hybridized carbons (Fsp3) is 0.143. The van der Waals surface area contributed by atoms with E-state index in [1.807, 2.05) is 0 Å². The number of carbonyl (C=O) groups excluding carboxylic acids is 1. The maximum absolute atomic E-state index is 12.2. The van der Waals surface area contributed by atoms with E-state index < -0.39 is 5.91 Å². The van der Waals surface area contributed by atoms with Gasteiger partial charge in [0.1, 0.15) is 0 Å². The molecular formula is C14H14N8O4. The molecule has 1 amide bonds. The van der Waals surface area contributed by atoms with E-state index in [0.717, 1.165) is 0 Å². The summed E-state index contributed by atoms with van der Waals surface area (Å²) in [6, 6.07) is 4.88. The summed E-state index contributed by atoms with van der Waals surface area (Å²) in [6.07, 6.45) is 1.27. The number of methoxy groups -OCH3 is 1. The topological polar surface area (TPSA) is 167 Å². The molecule has 134 valence electrons. The number of rotatable bonds is 5. The molecule has 3 aromatic rings. The highest BCUT2D eigenvalue weighted by atomic mass is 16.6. The largest absolute Gasteiger partial charge is 0.504 e. The lowest BCUT2D eigenvalue weighted by Gasteiger charge is -2.04. The molecule has 0 bridgehead atoms. The summed E-state index contributed by atoms with van der Waals surface area (Å²) in [7, 11) is 1.43. The quantitative estimate of drug-likeness (QED) is 0.420. The average molecular weight is 358 g/mol. The number of aromatic nitrogens is 5. The number of benzene rings is 1. The van der Waals surface area contributed by atoms with Gasteiger partial charge in [0.05, 0.1) is 19.0 Å². The van der Waals surface area contributed by atoms with Crippen LogP contribution in [-0.2, 0) is 0 Å². The first-order valence-corrected chi connectivity index (χ1v) is 7.23. The molecule has 1 aromatic carbocycles. The van der Waals surface area contributed by atoms with Crippen LogP contribution >= 0.6 is 0 Å². The van der Waals surface area contributed by atoms with E-state index in [2.05, 4.69) is 35.8 Å². The Morgan fingerprint density at radius 1 is 1.46 bits per heavy atom. The summed E-state index contributed by atoms with van der Waals surface area (Å²) >= 11 is 0. The predicted octanol–water partition coefficient (Wildman–Crippen LogP) is 0.0190. The predicted molar refractivity (Wildman–Crippen MR) is 88.1 cm³/mol. The van der Waals surface area contributed by atoms with Gasteiger partial charge >= 0.3 is 0 Å². The zero-order chi connectivity index (χ0) is 18.7. The van der Waals surface area contributed by atoms with Crippen LogP contribution in [0.3, 0.4) is 0 Å². The van der Waals surface area contributed by atoms with E-state index in [9.17, 15) is 9.90 Å². The van der Waals surface area contributed by atoms with Crippen LogP contribution < -0.4 is 15.9 Å². The lowest BCUT2D eigenvalue weighted by Crippen LogP contribution is -2.19. The minimum absolute atomic E-state index is 0.0106. The van der Waals surface area contributed by atoms with Crippen molar-refractivity contribution in [3.8, 4) is 17.3 Å². The fourth-order valence-electron chi connectivity index (χ4n) is 2.10. The molecule has 2 aromatic heterocycles. The smallest absolute Gasteiger partial charge is 0.293 e. The van der Waals surface area contributed by atoms with Crippen molar-refractivity contribution in [1.29, 1.82) is 0 Å².